The Morgan fingerprint density at radius 2 is 1.90 bits per heavy atom. The van der Waals surface area contributed by atoms with Gasteiger partial charge in [-0.2, -0.15) is 5.10 Å². The number of carbonyl (C=O) groups excluding carboxylic acids is 1. The number of aromatic nitrogens is 5. The van der Waals surface area contributed by atoms with Gasteiger partial charge in [0.15, 0.2) is 5.82 Å². The highest BCUT2D eigenvalue weighted by Gasteiger charge is 2.23. The maximum absolute atomic E-state index is 12.4. The molecule has 0 spiro atoms. The lowest BCUT2D eigenvalue weighted by Crippen LogP contribution is -2.49. The molecule has 152 valence electrons. The molecule has 4 heterocycles. The maximum Gasteiger partial charge on any atom is 0.273 e. The van der Waals surface area contributed by atoms with Crippen molar-refractivity contribution in [1.82, 2.24) is 34.3 Å². The Kier molecular flexibility index (Phi) is 5.54. The van der Waals surface area contributed by atoms with E-state index in [1.54, 1.807) is 21.6 Å². The highest BCUT2D eigenvalue weighted by molar-refractivity contribution is 7.07. The SMILES string of the molecule is Cc1cc(C)n(-c2ccc(=O)n(CCN3CCN(C(=O)c4cscn4)CC3)n2)n1. The van der Waals surface area contributed by atoms with Gasteiger partial charge in [0.2, 0.25) is 0 Å². The topological polar surface area (TPSA) is 89.2 Å². The number of hydrogen-bond donors (Lipinski definition) is 0. The second-order valence-electron chi connectivity index (χ2n) is 7.10. The minimum Gasteiger partial charge on any atom is -0.335 e. The molecule has 0 N–H and O–H groups in total. The molecular formula is C19H23N7O2S. The molecule has 1 amide bonds. The first-order chi connectivity index (χ1) is 14.0. The van der Waals surface area contributed by atoms with E-state index >= 15 is 0 Å². The van der Waals surface area contributed by atoms with E-state index in [1.165, 1.54) is 22.1 Å². The smallest absolute Gasteiger partial charge is 0.273 e. The number of amides is 1. The van der Waals surface area contributed by atoms with Gasteiger partial charge < -0.3 is 4.90 Å². The van der Waals surface area contributed by atoms with Crippen molar-refractivity contribution in [2.45, 2.75) is 20.4 Å². The number of nitrogens with zero attached hydrogens (tertiary/aromatic N) is 7. The van der Waals surface area contributed by atoms with Crippen LogP contribution in [0.25, 0.3) is 5.82 Å². The third-order valence-corrected chi connectivity index (χ3v) is 5.60. The molecule has 10 heteroatoms. The van der Waals surface area contributed by atoms with E-state index in [0.29, 0.717) is 37.7 Å². The average Bonchev–Trinajstić information content (AvgIpc) is 3.37. The van der Waals surface area contributed by atoms with Crippen molar-refractivity contribution < 1.29 is 4.79 Å². The van der Waals surface area contributed by atoms with Crippen molar-refractivity contribution in [1.29, 1.82) is 0 Å². The third-order valence-electron chi connectivity index (χ3n) is 5.02. The summed E-state index contributed by atoms with van der Waals surface area (Å²) in [4.78, 5) is 32.8. The van der Waals surface area contributed by atoms with E-state index in [1.807, 2.05) is 24.8 Å². The normalized spacial score (nSPS) is 15.0. The number of aryl methyl sites for hydroxylation is 2. The Morgan fingerprint density at radius 1 is 1.10 bits per heavy atom. The molecule has 0 saturated carbocycles. The fourth-order valence-corrected chi connectivity index (χ4v) is 3.99. The summed E-state index contributed by atoms with van der Waals surface area (Å²) in [6.07, 6.45) is 0. The summed E-state index contributed by atoms with van der Waals surface area (Å²) >= 11 is 1.43. The van der Waals surface area contributed by atoms with E-state index in [9.17, 15) is 9.59 Å². The molecule has 1 aliphatic rings. The van der Waals surface area contributed by atoms with Crippen molar-refractivity contribution in [2.24, 2.45) is 0 Å². The first-order valence-electron chi connectivity index (χ1n) is 9.53. The largest absolute Gasteiger partial charge is 0.335 e. The molecule has 0 bridgehead atoms. The number of rotatable bonds is 5. The minimum absolute atomic E-state index is 0.0126. The summed E-state index contributed by atoms with van der Waals surface area (Å²) in [5.41, 5.74) is 3.94. The second-order valence-corrected chi connectivity index (χ2v) is 7.82. The van der Waals surface area contributed by atoms with Crippen molar-refractivity contribution in [3.05, 3.63) is 56.5 Å². The van der Waals surface area contributed by atoms with Crippen molar-refractivity contribution in [3.8, 4) is 5.82 Å². The Morgan fingerprint density at radius 3 is 2.55 bits per heavy atom. The van der Waals surface area contributed by atoms with Crippen LogP contribution in [0.3, 0.4) is 0 Å². The Balaban J connectivity index is 1.36. The number of hydrogen-bond acceptors (Lipinski definition) is 7. The van der Waals surface area contributed by atoms with Crippen LogP contribution in [-0.2, 0) is 6.54 Å². The van der Waals surface area contributed by atoms with Gasteiger partial charge in [-0.05, 0) is 26.0 Å². The molecule has 0 aromatic carbocycles. The van der Waals surface area contributed by atoms with Crippen molar-refractivity contribution >= 4 is 17.2 Å². The van der Waals surface area contributed by atoms with E-state index in [0.717, 1.165) is 24.5 Å². The summed E-state index contributed by atoms with van der Waals surface area (Å²) in [7, 11) is 0. The molecule has 4 rings (SSSR count). The predicted molar refractivity (Wildman–Crippen MR) is 110 cm³/mol. The van der Waals surface area contributed by atoms with Crippen LogP contribution in [-0.4, -0.2) is 73.0 Å². The highest BCUT2D eigenvalue weighted by atomic mass is 32.1. The zero-order valence-electron chi connectivity index (χ0n) is 16.5. The van der Waals surface area contributed by atoms with Crippen molar-refractivity contribution in [3.63, 3.8) is 0 Å². The van der Waals surface area contributed by atoms with Crippen LogP contribution < -0.4 is 5.56 Å². The van der Waals surface area contributed by atoms with E-state index in [-0.39, 0.29) is 11.5 Å². The lowest BCUT2D eigenvalue weighted by Gasteiger charge is -2.34. The highest BCUT2D eigenvalue weighted by Crippen LogP contribution is 2.10. The number of thiazole rings is 1. The van der Waals surface area contributed by atoms with Crippen LogP contribution in [0.1, 0.15) is 21.9 Å². The van der Waals surface area contributed by atoms with E-state index < -0.39 is 0 Å². The van der Waals surface area contributed by atoms with Crippen LogP contribution in [0.2, 0.25) is 0 Å². The van der Waals surface area contributed by atoms with Gasteiger partial charge in [0.1, 0.15) is 5.69 Å². The third kappa shape index (κ3) is 4.28. The predicted octanol–water partition coefficient (Wildman–Crippen LogP) is 0.960. The van der Waals surface area contributed by atoms with Gasteiger partial charge in [-0.15, -0.1) is 16.4 Å². The Bertz CT molecular complexity index is 1050. The minimum atomic E-state index is -0.132. The summed E-state index contributed by atoms with van der Waals surface area (Å²) in [5.74, 6) is 0.621. The maximum atomic E-state index is 12.4. The molecule has 29 heavy (non-hydrogen) atoms. The zero-order valence-corrected chi connectivity index (χ0v) is 17.3. The van der Waals surface area contributed by atoms with Crippen molar-refractivity contribution in [2.75, 3.05) is 32.7 Å². The first-order valence-corrected chi connectivity index (χ1v) is 10.5. The van der Waals surface area contributed by atoms with Gasteiger partial charge in [0, 0.05) is 49.9 Å². The molecule has 0 atom stereocenters. The van der Waals surface area contributed by atoms with Crippen LogP contribution in [0.4, 0.5) is 0 Å². The van der Waals surface area contributed by atoms with Crippen LogP contribution in [0.15, 0.2) is 33.9 Å². The molecule has 0 aliphatic carbocycles. The Labute approximate surface area is 172 Å². The van der Waals surface area contributed by atoms with E-state index in [4.69, 9.17) is 0 Å². The number of carbonyl (C=O) groups is 1. The second kappa shape index (κ2) is 8.26. The quantitative estimate of drug-likeness (QED) is 0.619. The molecule has 1 saturated heterocycles. The van der Waals surface area contributed by atoms with Crippen LogP contribution in [0.5, 0.6) is 0 Å². The molecule has 9 nitrogen and oxygen atoms in total. The summed E-state index contributed by atoms with van der Waals surface area (Å²) < 4.78 is 3.23. The van der Waals surface area contributed by atoms with E-state index in [2.05, 4.69) is 20.1 Å². The van der Waals surface area contributed by atoms with Gasteiger partial charge in [-0.25, -0.2) is 14.3 Å². The molecule has 1 aliphatic heterocycles. The lowest BCUT2D eigenvalue weighted by atomic mass is 10.3. The lowest BCUT2D eigenvalue weighted by molar-refractivity contribution is 0.0626. The average molecular weight is 414 g/mol. The summed E-state index contributed by atoms with van der Waals surface area (Å²) in [5, 5.41) is 10.7. The molecule has 0 radical (unpaired) electrons. The number of piperazine rings is 1. The van der Waals surface area contributed by atoms with Crippen LogP contribution in [0, 0.1) is 13.8 Å². The van der Waals surface area contributed by atoms with Gasteiger partial charge >= 0.3 is 0 Å². The molecule has 0 unspecified atom stereocenters. The van der Waals surface area contributed by atoms with Crippen LogP contribution >= 0.6 is 11.3 Å². The summed E-state index contributed by atoms with van der Waals surface area (Å²) in [6.45, 7) is 7.93. The van der Waals surface area contributed by atoms with Gasteiger partial charge in [-0.1, -0.05) is 0 Å². The van der Waals surface area contributed by atoms with Gasteiger partial charge in [0.05, 0.1) is 17.7 Å². The molecular weight excluding hydrogens is 390 g/mol. The Hall–Kier alpha value is -2.85. The standard InChI is InChI=1S/C19H23N7O2S/c1-14-11-15(2)26(21-14)17-3-4-18(27)25(22-17)10-7-23-5-8-24(9-6-23)19(28)16-12-29-13-20-16/h3-4,11-13H,5-10H2,1-2H3. The van der Waals surface area contributed by atoms with Gasteiger partial charge in [0.25, 0.3) is 11.5 Å². The molecule has 1 fully saturated rings. The fourth-order valence-electron chi connectivity index (χ4n) is 3.46. The zero-order chi connectivity index (χ0) is 20.4. The fraction of sp³-hybridized carbons (Fsp3) is 0.421. The monoisotopic (exact) mass is 413 g/mol. The summed E-state index contributed by atoms with van der Waals surface area (Å²) in [6, 6.07) is 5.20. The van der Waals surface area contributed by atoms with Gasteiger partial charge in [-0.3, -0.25) is 14.5 Å². The first kappa shape index (κ1) is 19.5. The molecule has 3 aromatic rings. The molecule has 3 aromatic heterocycles.